The Morgan fingerprint density at radius 1 is 1.00 bits per heavy atom. The third-order valence-electron chi connectivity index (χ3n) is 5.46. The number of carbonyl (C=O) groups is 2. The zero-order valence-electron chi connectivity index (χ0n) is 19.5. The first-order valence-corrected chi connectivity index (χ1v) is 10.9. The van der Waals surface area contributed by atoms with Crippen molar-refractivity contribution in [2.45, 2.75) is 13.0 Å². The van der Waals surface area contributed by atoms with Crippen molar-refractivity contribution in [3.05, 3.63) is 114 Å². The Balaban J connectivity index is 1.88. The lowest BCUT2D eigenvalue weighted by Gasteiger charge is -2.31. The quantitative estimate of drug-likeness (QED) is 0.391. The number of nitrogens with zero attached hydrogens (tertiary/aromatic N) is 3. The molecule has 1 heterocycles. The number of methoxy groups -OCH3 is 1. The van der Waals surface area contributed by atoms with Gasteiger partial charge in [-0.15, -0.1) is 0 Å². The van der Waals surface area contributed by atoms with Crippen molar-refractivity contribution in [3.63, 3.8) is 0 Å². The Kier molecular flexibility index (Phi) is 7.29. The maximum atomic E-state index is 14.7. The number of hydrogen-bond donors (Lipinski definition) is 1. The van der Waals surface area contributed by atoms with Crippen LogP contribution in [0.5, 0.6) is 5.75 Å². The molecule has 1 aromatic heterocycles. The second-order valence-electron chi connectivity index (χ2n) is 7.87. The van der Waals surface area contributed by atoms with Gasteiger partial charge in [-0.05, 0) is 66.6 Å². The highest BCUT2D eigenvalue weighted by atomic mass is 19.1. The maximum absolute atomic E-state index is 14.7. The van der Waals surface area contributed by atoms with Crippen LogP contribution in [0.15, 0.2) is 85.3 Å². The van der Waals surface area contributed by atoms with E-state index in [9.17, 15) is 18.4 Å². The third kappa shape index (κ3) is 5.35. The fraction of sp³-hybridized carbons (Fsp3) is 0.111. The summed E-state index contributed by atoms with van der Waals surface area (Å²) in [6, 6.07) is 14.8. The molecule has 9 heteroatoms. The van der Waals surface area contributed by atoms with Crippen LogP contribution in [-0.4, -0.2) is 28.9 Å². The van der Waals surface area contributed by atoms with Crippen molar-refractivity contribution in [2.24, 2.45) is 0 Å². The second kappa shape index (κ2) is 10.7. The molecule has 0 spiro atoms. The highest BCUT2D eigenvalue weighted by Gasteiger charge is 2.35. The number of nitrogens with one attached hydrogen (secondary N) is 1. The van der Waals surface area contributed by atoms with E-state index in [1.54, 1.807) is 37.3 Å². The van der Waals surface area contributed by atoms with E-state index in [0.29, 0.717) is 22.6 Å². The molecule has 0 bridgehead atoms. The topological polar surface area (TPSA) is 84.4 Å². The molecule has 1 unspecified atom stereocenters. The molecule has 0 saturated carbocycles. The van der Waals surface area contributed by atoms with Gasteiger partial charge in [0.15, 0.2) is 0 Å². The minimum absolute atomic E-state index is 0.0408. The molecule has 0 fully saturated rings. The van der Waals surface area contributed by atoms with Gasteiger partial charge in [-0.25, -0.2) is 13.8 Å². The fourth-order valence-electron chi connectivity index (χ4n) is 3.62. The first kappa shape index (κ1) is 24.5. The number of anilines is 2. The van der Waals surface area contributed by atoms with Gasteiger partial charge >= 0.3 is 0 Å². The molecule has 0 aliphatic carbocycles. The molecule has 7 nitrogen and oxygen atoms in total. The summed E-state index contributed by atoms with van der Waals surface area (Å²) in [5.41, 5.74) is 1.18. The van der Waals surface area contributed by atoms with Crippen LogP contribution in [0.2, 0.25) is 0 Å². The number of halogens is 2. The van der Waals surface area contributed by atoms with Gasteiger partial charge in [0, 0.05) is 23.8 Å². The van der Waals surface area contributed by atoms with E-state index in [2.05, 4.69) is 15.3 Å². The van der Waals surface area contributed by atoms with Crippen LogP contribution >= 0.6 is 0 Å². The summed E-state index contributed by atoms with van der Waals surface area (Å²) in [4.78, 5) is 36.7. The maximum Gasteiger partial charge on any atom is 0.279 e. The number of rotatable bonds is 7. The van der Waals surface area contributed by atoms with E-state index in [0.717, 1.165) is 4.90 Å². The molecule has 4 aromatic rings. The summed E-state index contributed by atoms with van der Waals surface area (Å²) in [5, 5.41) is 2.72. The number of amides is 2. The van der Waals surface area contributed by atoms with E-state index in [1.807, 2.05) is 0 Å². The van der Waals surface area contributed by atoms with Crippen molar-refractivity contribution in [1.82, 2.24) is 9.97 Å². The first-order chi connectivity index (χ1) is 17.4. The number of aromatic nitrogens is 2. The Hall–Kier alpha value is -4.66. The monoisotopic (exact) mass is 488 g/mol. The predicted molar refractivity (Wildman–Crippen MR) is 131 cm³/mol. The molecule has 36 heavy (non-hydrogen) atoms. The van der Waals surface area contributed by atoms with Gasteiger partial charge in [0.25, 0.3) is 11.8 Å². The largest absolute Gasteiger partial charge is 0.497 e. The van der Waals surface area contributed by atoms with Crippen molar-refractivity contribution >= 4 is 23.2 Å². The van der Waals surface area contributed by atoms with Crippen molar-refractivity contribution in [1.29, 1.82) is 0 Å². The molecule has 2 amide bonds. The zero-order chi connectivity index (χ0) is 25.7. The lowest BCUT2D eigenvalue weighted by molar-refractivity contribution is -0.117. The van der Waals surface area contributed by atoms with E-state index < -0.39 is 29.5 Å². The summed E-state index contributed by atoms with van der Waals surface area (Å²) >= 11 is 0. The summed E-state index contributed by atoms with van der Waals surface area (Å²) in [7, 11) is 1.48. The van der Waals surface area contributed by atoms with Crippen molar-refractivity contribution in [2.75, 3.05) is 17.3 Å². The number of ether oxygens (including phenoxy) is 1. The van der Waals surface area contributed by atoms with E-state index in [-0.39, 0.29) is 11.4 Å². The molecule has 0 radical (unpaired) electrons. The lowest BCUT2D eigenvalue weighted by atomic mass is 10.0. The minimum Gasteiger partial charge on any atom is -0.497 e. The Bertz CT molecular complexity index is 1380. The fourth-order valence-corrected chi connectivity index (χ4v) is 3.62. The molecule has 182 valence electrons. The second-order valence-corrected chi connectivity index (χ2v) is 7.87. The molecular formula is C27H22F2N4O3. The van der Waals surface area contributed by atoms with Gasteiger partial charge in [0.1, 0.15) is 29.1 Å². The Labute approximate surface area is 206 Å². The Morgan fingerprint density at radius 2 is 1.78 bits per heavy atom. The van der Waals surface area contributed by atoms with Gasteiger partial charge in [0.05, 0.1) is 13.3 Å². The molecule has 0 aliphatic heterocycles. The van der Waals surface area contributed by atoms with Gasteiger partial charge < -0.3 is 10.1 Å². The highest BCUT2D eigenvalue weighted by molar-refractivity contribution is 6.11. The van der Waals surface area contributed by atoms with Crippen LogP contribution in [0, 0.1) is 18.6 Å². The number of carbonyl (C=O) groups excluding carboxylic acids is 2. The molecule has 3 aromatic carbocycles. The highest BCUT2D eigenvalue weighted by Crippen LogP contribution is 2.33. The minimum atomic E-state index is -1.28. The molecule has 0 saturated heterocycles. The summed E-state index contributed by atoms with van der Waals surface area (Å²) in [5.74, 6) is -1.85. The Morgan fingerprint density at radius 3 is 2.44 bits per heavy atom. The lowest BCUT2D eigenvalue weighted by Crippen LogP contribution is -2.42. The molecular weight excluding hydrogens is 466 g/mol. The average molecular weight is 488 g/mol. The molecule has 0 aliphatic rings. The van der Waals surface area contributed by atoms with E-state index >= 15 is 0 Å². The van der Waals surface area contributed by atoms with Gasteiger partial charge in [0.2, 0.25) is 0 Å². The van der Waals surface area contributed by atoms with Crippen LogP contribution in [0.3, 0.4) is 0 Å². The number of benzene rings is 3. The third-order valence-corrected chi connectivity index (χ3v) is 5.46. The van der Waals surface area contributed by atoms with E-state index in [1.165, 1.54) is 62.1 Å². The van der Waals surface area contributed by atoms with Crippen LogP contribution in [0.25, 0.3) is 0 Å². The van der Waals surface area contributed by atoms with Gasteiger partial charge in [-0.1, -0.05) is 18.2 Å². The van der Waals surface area contributed by atoms with Gasteiger partial charge in [-0.3, -0.25) is 19.5 Å². The van der Waals surface area contributed by atoms with Crippen LogP contribution in [0.1, 0.15) is 27.7 Å². The van der Waals surface area contributed by atoms with Crippen LogP contribution < -0.4 is 15.0 Å². The standard InChI is InChI=1S/C27H22F2N4O3/c1-17-6-11-21(15-23(17)29)33(27(35)24-16-30-12-13-31-24)25(18-4-3-5-22(14-18)36-2)26(34)32-20-9-7-19(28)8-10-20/h3-16,25H,1-2H3,(H,32,34). The van der Waals surface area contributed by atoms with Gasteiger partial charge in [-0.2, -0.15) is 0 Å². The summed E-state index contributed by atoms with van der Waals surface area (Å²) < 4.78 is 33.4. The van der Waals surface area contributed by atoms with Crippen LogP contribution in [-0.2, 0) is 4.79 Å². The van der Waals surface area contributed by atoms with Crippen molar-refractivity contribution in [3.8, 4) is 5.75 Å². The average Bonchev–Trinajstić information content (AvgIpc) is 2.90. The SMILES string of the molecule is COc1cccc(C(C(=O)Nc2ccc(F)cc2)N(C(=O)c2cnccn2)c2ccc(C)c(F)c2)c1. The predicted octanol–water partition coefficient (Wildman–Crippen LogP) is 5.10. The first-order valence-electron chi connectivity index (χ1n) is 10.9. The smallest absolute Gasteiger partial charge is 0.279 e. The normalized spacial score (nSPS) is 11.4. The summed E-state index contributed by atoms with van der Waals surface area (Å²) in [6.45, 7) is 1.59. The number of hydrogen-bond acceptors (Lipinski definition) is 5. The van der Waals surface area contributed by atoms with Crippen LogP contribution in [0.4, 0.5) is 20.2 Å². The molecule has 4 rings (SSSR count). The number of aryl methyl sites for hydroxylation is 1. The van der Waals surface area contributed by atoms with Crippen molar-refractivity contribution < 1.29 is 23.1 Å². The van der Waals surface area contributed by atoms with E-state index in [4.69, 9.17) is 4.74 Å². The zero-order valence-corrected chi connectivity index (χ0v) is 19.5. The molecule has 1 atom stereocenters. The summed E-state index contributed by atoms with van der Waals surface area (Å²) in [6.07, 6.45) is 4.02. The molecule has 1 N–H and O–H groups in total.